The van der Waals surface area contributed by atoms with Crippen LogP contribution in [0.4, 0.5) is 23.7 Å². The third-order valence-corrected chi connectivity index (χ3v) is 10.7. The van der Waals surface area contributed by atoms with Gasteiger partial charge in [-0.15, -0.1) is 0 Å². The van der Waals surface area contributed by atoms with Gasteiger partial charge in [-0.25, -0.2) is 4.79 Å². The number of alkyl halides is 3. The maximum Gasteiger partial charge on any atom is 0.416 e. The van der Waals surface area contributed by atoms with Crippen LogP contribution in [0.25, 0.3) is 5.57 Å². The molecule has 1 aliphatic carbocycles. The van der Waals surface area contributed by atoms with E-state index < -0.39 is 23.8 Å². The molecule has 3 aromatic rings. The molecule has 3 amide bonds. The number of allylic oxidation sites excluding steroid dienone is 2. The molecule has 1 radical (unpaired) electrons. The summed E-state index contributed by atoms with van der Waals surface area (Å²) in [6.07, 6.45) is 0.862. The van der Waals surface area contributed by atoms with Gasteiger partial charge in [-0.3, -0.25) is 9.69 Å². The van der Waals surface area contributed by atoms with Crippen LogP contribution in [0.3, 0.4) is 0 Å². The van der Waals surface area contributed by atoms with E-state index in [1.807, 2.05) is 57.4 Å². The lowest BCUT2D eigenvalue weighted by Gasteiger charge is -2.42. The van der Waals surface area contributed by atoms with E-state index in [4.69, 9.17) is 4.74 Å². The smallest absolute Gasteiger partial charge is 0.416 e. The zero-order valence-corrected chi connectivity index (χ0v) is 31.2. The summed E-state index contributed by atoms with van der Waals surface area (Å²) in [5.41, 5.74) is 5.99. The molecule has 0 fully saturated rings. The van der Waals surface area contributed by atoms with Crippen molar-refractivity contribution in [2.24, 2.45) is 0 Å². The van der Waals surface area contributed by atoms with Crippen molar-refractivity contribution >= 4 is 35.9 Å². The molecular formula is C42H49BF3N4O3. The van der Waals surface area contributed by atoms with Gasteiger partial charge in [-0.1, -0.05) is 66.7 Å². The fourth-order valence-corrected chi connectivity index (χ4v) is 7.51. The second-order valence-electron chi connectivity index (χ2n) is 14.2. The number of urea groups is 1. The van der Waals surface area contributed by atoms with Crippen molar-refractivity contribution in [3.63, 3.8) is 0 Å². The van der Waals surface area contributed by atoms with Gasteiger partial charge in [0.1, 0.15) is 13.0 Å². The van der Waals surface area contributed by atoms with Gasteiger partial charge >= 0.3 is 12.2 Å². The third kappa shape index (κ3) is 8.51. The van der Waals surface area contributed by atoms with E-state index in [-0.39, 0.29) is 18.1 Å². The summed E-state index contributed by atoms with van der Waals surface area (Å²) in [7, 11) is 4.14. The van der Waals surface area contributed by atoms with Crippen LogP contribution in [-0.4, -0.2) is 80.3 Å². The Kier molecular flexibility index (Phi) is 12.0. The van der Waals surface area contributed by atoms with E-state index >= 15 is 0 Å². The Morgan fingerprint density at radius 3 is 2.30 bits per heavy atom. The molecule has 0 saturated carbocycles. The number of nitrogens with zero attached hydrogens (tertiary/aromatic N) is 4. The highest BCUT2D eigenvalue weighted by atomic mass is 19.4. The summed E-state index contributed by atoms with van der Waals surface area (Å²) in [4.78, 5) is 35.6. The Morgan fingerprint density at radius 1 is 0.925 bits per heavy atom. The molecule has 53 heavy (non-hydrogen) atoms. The van der Waals surface area contributed by atoms with Crippen molar-refractivity contribution < 1.29 is 27.5 Å². The molecular weight excluding hydrogens is 676 g/mol. The number of likely N-dealkylation sites (N-methyl/N-ethyl adjacent to an activating group) is 1. The number of benzene rings is 3. The minimum atomic E-state index is -4.58. The average molecular weight is 726 g/mol. The number of carbonyl (C=O) groups is 2. The predicted molar refractivity (Wildman–Crippen MR) is 205 cm³/mol. The first-order valence-electron chi connectivity index (χ1n) is 18.8. The van der Waals surface area contributed by atoms with Crippen LogP contribution >= 0.6 is 0 Å². The lowest BCUT2D eigenvalue weighted by atomic mass is 9.73. The number of ether oxygens (including phenoxy) is 1. The molecule has 11 heteroatoms. The fraction of sp³-hybridized carbons (Fsp3) is 0.429. The van der Waals surface area contributed by atoms with Gasteiger partial charge in [-0.05, 0) is 107 Å². The van der Waals surface area contributed by atoms with Crippen molar-refractivity contribution in [3.05, 3.63) is 106 Å². The minimum Gasteiger partial charge on any atom is -0.494 e. The molecule has 0 saturated heterocycles. The predicted octanol–water partition coefficient (Wildman–Crippen LogP) is 8.32. The highest BCUT2D eigenvalue weighted by molar-refractivity contribution is 6.51. The number of hydrogen-bond acceptors (Lipinski definition) is 4. The van der Waals surface area contributed by atoms with Gasteiger partial charge in [0.15, 0.2) is 0 Å². The topological polar surface area (TPSA) is 56.3 Å². The number of carbonyl (C=O) groups excluding carboxylic acids is 2. The van der Waals surface area contributed by atoms with Crippen LogP contribution in [0.2, 0.25) is 6.82 Å². The zero-order valence-electron chi connectivity index (χ0n) is 31.2. The van der Waals surface area contributed by atoms with E-state index in [2.05, 4.69) is 31.0 Å². The molecule has 1 atom stereocenters. The molecule has 0 spiro atoms. The van der Waals surface area contributed by atoms with Crippen LogP contribution in [0, 0.1) is 0 Å². The Balaban J connectivity index is 1.18. The van der Waals surface area contributed by atoms with Crippen molar-refractivity contribution in [1.29, 1.82) is 0 Å². The monoisotopic (exact) mass is 725 g/mol. The Bertz CT molecular complexity index is 1840. The molecule has 6 rings (SSSR count). The minimum absolute atomic E-state index is 0.108. The highest BCUT2D eigenvalue weighted by Crippen LogP contribution is 2.45. The summed E-state index contributed by atoms with van der Waals surface area (Å²) in [6.45, 7) is 9.34. The molecule has 7 nitrogen and oxygen atoms in total. The fourth-order valence-electron chi connectivity index (χ4n) is 7.51. The van der Waals surface area contributed by atoms with Crippen LogP contribution in [0.15, 0.2) is 89.6 Å². The average Bonchev–Trinajstić information content (AvgIpc) is 3.47. The first-order valence-corrected chi connectivity index (χ1v) is 18.8. The molecule has 2 aliphatic heterocycles. The second-order valence-corrected chi connectivity index (χ2v) is 14.2. The molecule has 2 heterocycles. The van der Waals surface area contributed by atoms with Gasteiger partial charge < -0.3 is 19.4 Å². The molecule has 0 bridgehead atoms. The first kappa shape index (κ1) is 38.2. The van der Waals surface area contributed by atoms with Crippen LogP contribution in [0.5, 0.6) is 5.75 Å². The normalized spacial score (nSPS) is 17.6. The number of hydrogen-bond donors (Lipinski definition) is 0. The standard InChI is InChI=1S/C42H49BF3N4O3/c1-5-48-28-37-38(40(48)51)39(31-16-14-30(15-17-31)36-22-13-29(36)2)49(41(52)50(37)34-12-9-11-32(27-34)42(44,45)46)25-8-6-7-23-47(4)24-10-26-53-35-20-18-33(43-3)19-21-35/h9,11-12,14-21,27,39H,5-8,10,13,22-26,28H2,1-4H3/t39-/m1/s1. The van der Waals surface area contributed by atoms with Gasteiger partial charge in [0.25, 0.3) is 5.91 Å². The summed E-state index contributed by atoms with van der Waals surface area (Å²) >= 11 is 0. The van der Waals surface area contributed by atoms with E-state index in [0.29, 0.717) is 37.4 Å². The largest absolute Gasteiger partial charge is 0.494 e. The number of unbranched alkanes of at least 4 members (excludes halogenated alkanes) is 2. The Labute approximate surface area is 312 Å². The number of halogens is 3. The molecule has 0 unspecified atom stereocenters. The number of rotatable bonds is 16. The van der Waals surface area contributed by atoms with E-state index in [1.165, 1.54) is 28.2 Å². The molecule has 3 aliphatic rings. The van der Waals surface area contributed by atoms with Gasteiger partial charge in [0.05, 0.1) is 41.7 Å². The lowest BCUT2D eigenvalue weighted by molar-refractivity contribution is -0.137. The van der Waals surface area contributed by atoms with Gasteiger partial charge in [0, 0.05) is 19.6 Å². The highest BCUT2D eigenvalue weighted by Gasteiger charge is 2.48. The summed E-state index contributed by atoms with van der Waals surface area (Å²) in [5, 5.41) is 0. The summed E-state index contributed by atoms with van der Waals surface area (Å²) in [6, 6.07) is 20.0. The molecule has 3 aromatic carbocycles. The quantitative estimate of drug-likeness (QED) is 0.110. The van der Waals surface area contributed by atoms with Crippen molar-refractivity contribution in [1.82, 2.24) is 14.7 Å². The third-order valence-electron chi connectivity index (χ3n) is 10.7. The van der Waals surface area contributed by atoms with Crippen LogP contribution in [-0.2, 0) is 11.0 Å². The van der Waals surface area contributed by atoms with E-state index in [9.17, 15) is 22.8 Å². The van der Waals surface area contributed by atoms with Crippen molar-refractivity contribution in [2.75, 3.05) is 51.3 Å². The molecule has 0 N–H and O–H groups in total. The van der Waals surface area contributed by atoms with Gasteiger partial charge in [0.2, 0.25) is 0 Å². The Hall–Kier alpha value is -4.51. The van der Waals surface area contributed by atoms with Crippen molar-refractivity contribution in [2.45, 2.75) is 71.4 Å². The van der Waals surface area contributed by atoms with Gasteiger partial charge in [-0.2, -0.15) is 13.2 Å². The maximum absolute atomic E-state index is 14.6. The second kappa shape index (κ2) is 16.7. The zero-order chi connectivity index (χ0) is 37.7. The number of amides is 3. The van der Waals surface area contributed by atoms with Crippen LogP contribution < -0.4 is 15.1 Å². The van der Waals surface area contributed by atoms with Crippen LogP contribution in [0.1, 0.15) is 75.1 Å². The Morgan fingerprint density at radius 2 is 1.66 bits per heavy atom. The SMILES string of the molecule is C[B]c1ccc(OCCCN(C)CCCCCN2C(=O)N(c3cccc(C(F)(F)F)c3)C3=C(C(=O)N(CC)C3)[C@H]2c2ccc(C3=C(C)CC3)cc2)cc1. The first-order chi connectivity index (χ1) is 25.5. The van der Waals surface area contributed by atoms with E-state index in [1.54, 1.807) is 9.80 Å². The maximum atomic E-state index is 14.6. The van der Waals surface area contributed by atoms with Crippen molar-refractivity contribution in [3.8, 4) is 5.75 Å². The lowest BCUT2D eigenvalue weighted by Crippen LogP contribution is -2.50. The summed E-state index contributed by atoms with van der Waals surface area (Å²) in [5.74, 6) is 0.674. The number of anilines is 1. The molecule has 279 valence electrons. The van der Waals surface area contributed by atoms with E-state index in [0.717, 1.165) is 79.7 Å². The molecule has 0 aromatic heterocycles. The summed E-state index contributed by atoms with van der Waals surface area (Å²) < 4.78 is 47.5.